The van der Waals surface area contributed by atoms with Crippen LogP contribution in [0.2, 0.25) is 5.02 Å². The molecule has 0 saturated heterocycles. The zero-order valence-corrected chi connectivity index (χ0v) is 18.5. The van der Waals surface area contributed by atoms with Gasteiger partial charge in [0.2, 0.25) is 5.91 Å². The molecule has 0 bridgehead atoms. The molecule has 4 rings (SSSR count). The summed E-state index contributed by atoms with van der Waals surface area (Å²) in [5, 5.41) is 11.9. The number of nitrogens with one attached hydrogen (secondary N) is 1. The average Bonchev–Trinajstić information content (AvgIpc) is 3.45. The van der Waals surface area contributed by atoms with Gasteiger partial charge in [0, 0.05) is 10.6 Å². The fourth-order valence-corrected chi connectivity index (χ4v) is 3.89. The number of thioether (sulfide) groups is 1. The minimum atomic E-state index is -0.561. The lowest BCUT2D eigenvalue weighted by Gasteiger charge is -2.10. The standard InChI is InChI=1S/C22H18ClFN4O3S/c1-30-16-5-2-4-14(10-16)21-26-27-22(28(21)12-17-6-3-9-31-17)32-13-20(29)25-19-11-15(23)7-8-18(19)24/h2-11H,12-13H2,1H3,(H,25,29). The van der Waals surface area contributed by atoms with Crippen LogP contribution in [0.4, 0.5) is 10.1 Å². The van der Waals surface area contributed by atoms with Crippen LogP contribution in [0.5, 0.6) is 5.75 Å². The van der Waals surface area contributed by atoms with Gasteiger partial charge in [0.1, 0.15) is 17.3 Å². The van der Waals surface area contributed by atoms with Crippen molar-refractivity contribution < 1.29 is 18.3 Å². The molecule has 0 spiro atoms. The van der Waals surface area contributed by atoms with E-state index in [2.05, 4.69) is 15.5 Å². The van der Waals surface area contributed by atoms with Gasteiger partial charge in [-0.25, -0.2) is 4.39 Å². The Labute approximate surface area is 192 Å². The molecule has 0 aliphatic heterocycles. The molecule has 4 aromatic rings. The molecule has 7 nitrogen and oxygen atoms in total. The van der Waals surface area contributed by atoms with Crippen molar-refractivity contribution in [2.24, 2.45) is 0 Å². The topological polar surface area (TPSA) is 82.2 Å². The van der Waals surface area contributed by atoms with Gasteiger partial charge in [0.15, 0.2) is 11.0 Å². The number of hydrogen-bond acceptors (Lipinski definition) is 6. The van der Waals surface area contributed by atoms with Crippen molar-refractivity contribution in [3.05, 3.63) is 77.5 Å². The largest absolute Gasteiger partial charge is 0.497 e. The Balaban J connectivity index is 1.55. The molecule has 164 valence electrons. The summed E-state index contributed by atoms with van der Waals surface area (Å²) >= 11 is 7.06. The Bertz CT molecular complexity index is 1230. The van der Waals surface area contributed by atoms with Gasteiger partial charge in [0.05, 0.1) is 31.4 Å². The number of carbonyl (C=O) groups excluding carboxylic acids is 1. The highest BCUT2D eigenvalue weighted by Gasteiger charge is 2.18. The van der Waals surface area contributed by atoms with Crippen LogP contribution in [0.25, 0.3) is 11.4 Å². The van der Waals surface area contributed by atoms with Crippen molar-refractivity contribution in [1.29, 1.82) is 0 Å². The Morgan fingerprint density at radius 2 is 2.09 bits per heavy atom. The molecule has 1 amide bonds. The molecule has 32 heavy (non-hydrogen) atoms. The number of benzene rings is 2. The van der Waals surface area contributed by atoms with Crippen molar-refractivity contribution in [1.82, 2.24) is 14.8 Å². The number of hydrogen-bond donors (Lipinski definition) is 1. The maximum Gasteiger partial charge on any atom is 0.234 e. The summed E-state index contributed by atoms with van der Waals surface area (Å²) < 4.78 is 26.5. The van der Waals surface area contributed by atoms with E-state index in [0.717, 1.165) is 5.56 Å². The lowest BCUT2D eigenvalue weighted by Crippen LogP contribution is -2.15. The minimum Gasteiger partial charge on any atom is -0.497 e. The molecule has 0 fully saturated rings. The van der Waals surface area contributed by atoms with Crippen LogP contribution in [0.1, 0.15) is 5.76 Å². The monoisotopic (exact) mass is 472 g/mol. The fraction of sp³-hybridized carbons (Fsp3) is 0.136. The van der Waals surface area contributed by atoms with Gasteiger partial charge >= 0.3 is 0 Å². The number of carbonyl (C=O) groups is 1. The van der Waals surface area contributed by atoms with Crippen molar-refractivity contribution in [3.63, 3.8) is 0 Å². The SMILES string of the molecule is COc1cccc(-c2nnc(SCC(=O)Nc3cc(Cl)ccc3F)n2Cc2ccco2)c1. The summed E-state index contributed by atoms with van der Waals surface area (Å²) in [6, 6.07) is 15.1. The molecule has 0 saturated carbocycles. The van der Waals surface area contributed by atoms with Crippen LogP contribution in [0.3, 0.4) is 0 Å². The van der Waals surface area contributed by atoms with E-state index in [1.165, 1.54) is 30.0 Å². The van der Waals surface area contributed by atoms with E-state index < -0.39 is 11.7 Å². The highest BCUT2D eigenvalue weighted by atomic mass is 35.5. The number of aromatic nitrogens is 3. The Kier molecular flexibility index (Phi) is 6.77. The van der Waals surface area contributed by atoms with E-state index in [9.17, 15) is 9.18 Å². The molecule has 0 aliphatic rings. The van der Waals surface area contributed by atoms with Gasteiger partial charge in [-0.05, 0) is 42.5 Å². The van der Waals surface area contributed by atoms with Crippen LogP contribution >= 0.6 is 23.4 Å². The number of anilines is 1. The van der Waals surface area contributed by atoms with Gasteiger partial charge in [-0.15, -0.1) is 10.2 Å². The number of halogens is 2. The van der Waals surface area contributed by atoms with Crippen molar-refractivity contribution in [2.45, 2.75) is 11.7 Å². The first-order valence-electron chi connectivity index (χ1n) is 9.51. The van der Waals surface area contributed by atoms with Gasteiger partial charge in [-0.3, -0.25) is 9.36 Å². The molecule has 0 aliphatic carbocycles. The average molecular weight is 473 g/mol. The van der Waals surface area contributed by atoms with Crippen molar-refractivity contribution in [3.8, 4) is 17.1 Å². The quantitative estimate of drug-likeness (QED) is 0.358. The number of nitrogens with zero attached hydrogens (tertiary/aromatic N) is 3. The molecule has 0 radical (unpaired) electrons. The number of furan rings is 1. The van der Waals surface area contributed by atoms with Crippen LogP contribution in [-0.4, -0.2) is 33.5 Å². The first-order valence-corrected chi connectivity index (χ1v) is 10.9. The third kappa shape index (κ3) is 5.12. The predicted molar refractivity (Wildman–Crippen MR) is 121 cm³/mol. The fourth-order valence-electron chi connectivity index (χ4n) is 2.98. The van der Waals surface area contributed by atoms with Gasteiger partial charge < -0.3 is 14.5 Å². The number of methoxy groups -OCH3 is 1. The summed E-state index contributed by atoms with van der Waals surface area (Å²) in [5.74, 6) is 1.04. The number of ether oxygens (including phenoxy) is 1. The molecule has 0 atom stereocenters. The molecule has 0 unspecified atom stereocenters. The van der Waals surface area contributed by atoms with Gasteiger partial charge in [-0.1, -0.05) is 35.5 Å². The summed E-state index contributed by atoms with van der Waals surface area (Å²) in [4.78, 5) is 12.4. The molecular weight excluding hydrogens is 455 g/mol. The summed E-state index contributed by atoms with van der Waals surface area (Å²) in [6.07, 6.45) is 1.59. The Hall–Kier alpha value is -3.30. The minimum absolute atomic E-state index is 0.000349. The van der Waals surface area contributed by atoms with Gasteiger partial charge in [0.25, 0.3) is 0 Å². The highest BCUT2D eigenvalue weighted by molar-refractivity contribution is 7.99. The van der Waals surface area contributed by atoms with Crippen LogP contribution in [0, 0.1) is 5.82 Å². The number of rotatable bonds is 8. The predicted octanol–water partition coefficient (Wildman–Crippen LogP) is 5.12. The maximum atomic E-state index is 13.9. The van der Waals surface area contributed by atoms with Gasteiger partial charge in [-0.2, -0.15) is 0 Å². The smallest absolute Gasteiger partial charge is 0.234 e. The normalized spacial score (nSPS) is 10.8. The molecule has 2 aromatic heterocycles. The van der Waals surface area contributed by atoms with Crippen LogP contribution in [0.15, 0.2) is 70.4 Å². The van der Waals surface area contributed by atoms with E-state index in [1.807, 2.05) is 34.9 Å². The van der Waals surface area contributed by atoms with E-state index >= 15 is 0 Å². The second-order valence-electron chi connectivity index (χ2n) is 6.66. The first-order chi connectivity index (χ1) is 15.5. The molecule has 1 N–H and O–H groups in total. The van der Waals surface area contributed by atoms with E-state index in [4.69, 9.17) is 20.8 Å². The highest BCUT2D eigenvalue weighted by Crippen LogP contribution is 2.28. The van der Waals surface area contributed by atoms with Crippen LogP contribution in [-0.2, 0) is 11.3 Å². The second-order valence-corrected chi connectivity index (χ2v) is 8.04. The maximum absolute atomic E-state index is 13.9. The Morgan fingerprint density at radius 3 is 2.88 bits per heavy atom. The zero-order valence-electron chi connectivity index (χ0n) is 16.9. The molecule has 10 heteroatoms. The summed E-state index contributed by atoms with van der Waals surface area (Å²) in [5.41, 5.74) is 0.831. The third-order valence-corrected chi connectivity index (χ3v) is 5.68. The third-order valence-electron chi connectivity index (χ3n) is 4.47. The Morgan fingerprint density at radius 1 is 1.22 bits per heavy atom. The van der Waals surface area contributed by atoms with E-state index in [-0.39, 0.29) is 11.4 Å². The van der Waals surface area contributed by atoms with Crippen molar-refractivity contribution in [2.75, 3.05) is 18.2 Å². The molecular formula is C22H18ClFN4O3S. The van der Waals surface area contributed by atoms with Crippen LogP contribution < -0.4 is 10.1 Å². The first kappa shape index (κ1) is 21.9. The van der Waals surface area contributed by atoms with E-state index in [0.29, 0.717) is 34.1 Å². The second kappa shape index (κ2) is 9.88. The van der Waals surface area contributed by atoms with Crippen molar-refractivity contribution >= 4 is 35.0 Å². The lowest BCUT2D eigenvalue weighted by molar-refractivity contribution is -0.113. The number of amides is 1. The summed E-state index contributed by atoms with van der Waals surface area (Å²) in [7, 11) is 1.59. The zero-order chi connectivity index (χ0) is 22.5. The molecule has 2 aromatic carbocycles. The lowest BCUT2D eigenvalue weighted by atomic mass is 10.2. The summed E-state index contributed by atoms with van der Waals surface area (Å²) in [6.45, 7) is 0.374. The molecule has 2 heterocycles. The van der Waals surface area contributed by atoms with E-state index in [1.54, 1.807) is 19.4 Å².